The molecule has 0 spiro atoms. The van der Waals surface area contributed by atoms with E-state index in [-0.39, 0.29) is 31.0 Å². The van der Waals surface area contributed by atoms with Gasteiger partial charge in [-0.05, 0) is 11.9 Å². The van der Waals surface area contributed by atoms with Gasteiger partial charge in [0.1, 0.15) is 4.32 Å². The van der Waals surface area contributed by atoms with Crippen LogP contribution in [0.3, 0.4) is 0 Å². The van der Waals surface area contributed by atoms with Crippen LogP contribution in [0.5, 0.6) is 0 Å². The van der Waals surface area contributed by atoms with Gasteiger partial charge in [-0.1, -0.05) is 26.1 Å². The molecule has 0 fully saturated rings. The topological polar surface area (TPSA) is 29.3 Å². The Kier molecular flexibility index (Phi) is 11.4. The van der Waals surface area contributed by atoms with Gasteiger partial charge >= 0.3 is 29.6 Å². The van der Waals surface area contributed by atoms with Crippen LogP contribution in [0.25, 0.3) is 0 Å². The van der Waals surface area contributed by atoms with Crippen LogP contribution in [0, 0.1) is 0 Å². The van der Waals surface area contributed by atoms with Crippen molar-refractivity contribution in [2.24, 2.45) is 5.73 Å². The first-order valence-electron chi connectivity index (χ1n) is 2.93. The standard InChI is InChI=1S/C5H12N2S2.Na.H/c1-3-7(4-2)9-5(6)8;;/h3-4H2,1-2H3,(H2,6,8);;/q;+1;-1. The SMILES string of the molecule is CCN(CC)SC(N)=S.[H-].[Na+]. The van der Waals surface area contributed by atoms with Gasteiger partial charge in [-0.25, -0.2) is 4.31 Å². The summed E-state index contributed by atoms with van der Waals surface area (Å²) in [5, 5.41) is 0. The fourth-order valence-corrected chi connectivity index (χ4v) is 1.31. The Hall–Kier alpha value is 1.20. The first-order chi connectivity index (χ1) is 4.20. The second-order valence-electron chi connectivity index (χ2n) is 1.52. The maximum Gasteiger partial charge on any atom is 1.00 e. The molecular weight excluding hydrogens is 175 g/mol. The van der Waals surface area contributed by atoms with Gasteiger partial charge in [0.15, 0.2) is 0 Å². The van der Waals surface area contributed by atoms with E-state index in [4.69, 9.17) is 18.0 Å². The molecule has 0 aliphatic carbocycles. The molecule has 56 valence electrons. The van der Waals surface area contributed by atoms with E-state index >= 15 is 0 Å². The average Bonchev–Trinajstić information content (AvgIpc) is 1.82. The van der Waals surface area contributed by atoms with Crippen LogP contribution < -0.4 is 35.3 Å². The van der Waals surface area contributed by atoms with Crippen molar-refractivity contribution in [1.29, 1.82) is 0 Å². The summed E-state index contributed by atoms with van der Waals surface area (Å²) in [5.74, 6) is 0. The third-order valence-electron chi connectivity index (χ3n) is 0.924. The van der Waals surface area contributed by atoms with Gasteiger partial charge in [0.2, 0.25) is 0 Å². The van der Waals surface area contributed by atoms with Gasteiger partial charge in [-0.15, -0.1) is 0 Å². The summed E-state index contributed by atoms with van der Waals surface area (Å²) in [6.45, 7) is 6.13. The van der Waals surface area contributed by atoms with Crippen LogP contribution in [0.15, 0.2) is 0 Å². The Labute approximate surface area is 95.8 Å². The van der Waals surface area contributed by atoms with Gasteiger partial charge in [-0.3, -0.25) is 0 Å². The molecule has 0 aromatic carbocycles. The van der Waals surface area contributed by atoms with Crippen LogP contribution in [0.1, 0.15) is 15.3 Å². The molecule has 0 unspecified atom stereocenters. The van der Waals surface area contributed by atoms with Gasteiger partial charge in [0.05, 0.1) is 0 Å². The number of nitrogens with two attached hydrogens (primary N) is 1. The summed E-state index contributed by atoms with van der Waals surface area (Å²) < 4.78 is 2.60. The summed E-state index contributed by atoms with van der Waals surface area (Å²) in [5.41, 5.74) is 5.30. The van der Waals surface area contributed by atoms with E-state index in [0.29, 0.717) is 4.32 Å². The molecule has 0 aromatic heterocycles. The average molecular weight is 188 g/mol. The molecule has 0 radical (unpaired) electrons. The Bertz CT molecular complexity index is 100. The maximum absolute atomic E-state index is 5.30. The molecule has 0 aliphatic rings. The van der Waals surface area contributed by atoms with Crippen LogP contribution in [-0.2, 0) is 0 Å². The molecule has 2 nitrogen and oxygen atoms in total. The van der Waals surface area contributed by atoms with E-state index in [1.54, 1.807) is 0 Å². The number of hydrogen-bond donors (Lipinski definition) is 1. The van der Waals surface area contributed by atoms with E-state index < -0.39 is 0 Å². The fraction of sp³-hybridized carbons (Fsp3) is 0.800. The zero-order valence-electron chi connectivity index (χ0n) is 7.76. The van der Waals surface area contributed by atoms with Crippen LogP contribution >= 0.6 is 24.2 Å². The van der Waals surface area contributed by atoms with Crippen LogP contribution in [-0.4, -0.2) is 21.7 Å². The van der Waals surface area contributed by atoms with Crippen molar-refractivity contribution in [2.45, 2.75) is 13.8 Å². The molecule has 0 bridgehead atoms. The van der Waals surface area contributed by atoms with E-state index in [1.807, 2.05) is 0 Å². The molecule has 0 saturated heterocycles. The molecular formula is C5H13N2NaS2. The van der Waals surface area contributed by atoms with Crippen molar-refractivity contribution in [1.82, 2.24) is 4.31 Å². The Morgan fingerprint density at radius 3 is 2.10 bits per heavy atom. The van der Waals surface area contributed by atoms with Crippen LogP contribution in [0.2, 0.25) is 0 Å². The minimum absolute atomic E-state index is 0. The maximum atomic E-state index is 5.30. The predicted octanol–water partition coefficient (Wildman–Crippen LogP) is -1.66. The Balaban J connectivity index is -0.000000320. The molecule has 0 saturated carbocycles. The molecule has 0 rings (SSSR count). The molecule has 2 N–H and O–H groups in total. The van der Waals surface area contributed by atoms with Crippen LogP contribution in [0.4, 0.5) is 0 Å². The zero-order valence-corrected chi connectivity index (χ0v) is 10.4. The summed E-state index contributed by atoms with van der Waals surface area (Å²) in [4.78, 5) is 0. The van der Waals surface area contributed by atoms with Gasteiger partial charge in [0.25, 0.3) is 0 Å². The van der Waals surface area contributed by atoms with Gasteiger partial charge < -0.3 is 7.16 Å². The summed E-state index contributed by atoms with van der Waals surface area (Å²) in [6.07, 6.45) is 0. The van der Waals surface area contributed by atoms with Crippen molar-refractivity contribution in [3.05, 3.63) is 0 Å². The van der Waals surface area contributed by atoms with E-state index in [0.717, 1.165) is 13.1 Å². The predicted molar refractivity (Wildman–Crippen MR) is 48.4 cm³/mol. The molecule has 0 amide bonds. The number of thiocarbonyl (C=S) groups is 1. The molecule has 5 heteroatoms. The van der Waals surface area contributed by atoms with Gasteiger partial charge in [-0.2, -0.15) is 0 Å². The first kappa shape index (κ1) is 13.8. The molecule has 0 atom stereocenters. The van der Waals surface area contributed by atoms with Crippen molar-refractivity contribution < 1.29 is 31.0 Å². The smallest absolute Gasteiger partial charge is 1.00 e. The third-order valence-corrected chi connectivity index (χ3v) is 2.10. The second-order valence-corrected chi connectivity index (χ2v) is 3.36. The van der Waals surface area contributed by atoms with Crippen molar-refractivity contribution in [3.8, 4) is 0 Å². The molecule has 0 heterocycles. The second kappa shape index (κ2) is 8.30. The van der Waals surface area contributed by atoms with Gasteiger partial charge in [0, 0.05) is 13.1 Å². The fourth-order valence-electron chi connectivity index (χ4n) is 0.480. The monoisotopic (exact) mass is 188 g/mol. The molecule has 0 aromatic rings. The summed E-state index contributed by atoms with van der Waals surface area (Å²) in [7, 11) is 0. The quantitative estimate of drug-likeness (QED) is 0.326. The summed E-state index contributed by atoms with van der Waals surface area (Å²) in [6, 6.07) is 0. The summed E-state index contributed by atoms with van der Waals surface area (Å²) >= 11 is 6.15. The number of hydrogen-bond acceptors (Lipinski definition) is 3. The third kappa shape index (κ3) is 7.31. The first-order valence-corrected chi connectivity index (χ1v) is 4.11. The molecule has 10 heavy (non-hydrogen) atoms. The molecule has 0 aliphatic heterocycles. The van der Waals surface area contributed by atoms with E-state index in [2.05, 4.69) is 18.2 Å². The van der Waals surface area contributed by atoms with Crippen molar-refractivity contribution in [2.75, 3.05) is 13.1 Å². The van der Waals surface area contributed by atoms with E-state index in [1.165, 1.54) is 11.9 Å². The van der Waals surface area contributed by atoms with E-state index in [9.17, 15) is 0 Å². The Morgan fingerprint density at radius 1 is 1.60 bits per heavy atom. The number of rotatable bonds is 3. The number of nitrogens with zero attached hydrogens (tertiary/aromatic N) is 1. The normalized spacial score (nSPS) is 9.10. The minimum atomic E-state index is 0. The Morgan fingerprint density at radius 2 is 2.00 bits per heavy atom. The minimum Gasteiger partial charge on any atom is -1.00 e. The largest absolute Gasteiger partial charge is 1.00 e. The zero-order chi connectivity index (χ0) is 7.28. The van der Waals surface area contributed by atoms with Crippen molar-refractivity contribution >= 4 is 28.5 Å². The van der Waals surface area contributed by atoms with Crippen molar-refractivity contribution in [3.63, 3.8) is 0 Å².